The van der Waals surface area contributed by atoms with Gasteiger partial charge in [-0.2, -0.15) is 8.75 Å². The van der Waals surface area contributed by atoms with Crippen molar-refractivity contribution in [3.63, 3.8) is 0 Å². The van der Waals surface area contributed by atoms with Gasteiger partial charge in [0.05, 0.1) is 18.3 Å². The highest BCUT2D eigenvalue weighted by atomic mass is 35.5. The molecule has 0 aromatic carbocycles. The summed E-state index contributed by atoms with van der Waals surface area (Å²) < 4.78 is 7.94. The Balaban J connectivity index is 1.96. The van der Waals surface area contributed by atoms with E-state index in [1.807, 2.05) is 11.3 Å². The topological polar surface area (TPSA) is 37.8 Å². The lowest BCUT2D eigenvalue weighted by Crippen LogP contribution is -1.97. The molecular formula is C9H10ClN3S2. The second-order valence-corrected chi connectivity index (χ2v) is 5.12. The molecule has 3 nitrogen and oxygen atoms in total. The van der Waals surface area contributed by atoms with E-state index in [1.54, 1.807) is 0 Å². The summed E-state index contributed by atoms with van der Waals surface area (Å²) in [4.78, 5) is 2.69. The Morgan fingerprint density at radius 2 is 2.13 bits per heavy atom. The zero-order valence-corrected chi connectivity index (χ0v) is 10.5. The van der Waals surface area contributed by atoms with Gasteiger partial charge in [0, 0.05) is 9.75 Å². The summed E-state index contributed by atoms with van der Waals surface area (Å²) in [6, 6.07) is 4.28. The second kappa shape index (κ2) is 4.92. The highest BCUT2D eigenvalue weighted by molar-refractivity contribution is 7.12. The molecular weight excluding hydrogens is 250 g/mol. The van der Waals surface area contributed by atoms with Crippen molar-refractivity contribution in [2.24, 2.45) is 0 Å². The first-order valence-corrected chi connectivity index (χ1v) is 6.51. The van der Waals surface area contributed by atoms with Gasteiger partial charge in [0.2, 0.25) is 0 Å². The lowest BCUT2D eigenvalue weighted by molar-refractivity contribution is 1.17. The van der Waals surface area contributed by atoms with Gasteiger partial charge < -0.3 is 5.32 Å². The van der Waals surface area contributed by atoms with Crippen LogP contribution < -0.4 is 5.32 Å². The first-order chi connectivity index (χ1) is 7.29. The van der Waals surface area contributed by atoms with Crippen LogP contribution in [0.2, 0.25) is 5.15 Å². The fourth-order valence-corrected chi connectivity index (χ4v) is 2.74. The molecule has 2 heterocycles. The molecule has 0 aliphatic heterocycles. The Morgan fingerprint density at radius 1 is 1.33 bits per heavy atom. The summed E-state index contributed by atoms with van der Waals surface area (Å²) in [6.45, 7) is 2.92. The molecule has 0 aliphatic rings. The molecule has 0 bridgehead atoms. The van der Waals surface area contributed by atoms with Crippen molar-refractivity contribution in [1.29, 1.82) is 0 Å². The normalized spacial score (nSPS) is 10.5. The molecule has 2 rings (SSSR count). The average Bonchev–Trinajstić information content (AvgIpc) is 2.84. The van der Waals surface area contributed by atoms with Crippen LogP contribution in [0.5, 0.6) is 0 Å². The van der Waals surface area contributed by atoms with Crippen LogP contribution in [-0.2, 0) is 13.0 Å². The molecule has 0 radical (unpaired) electrons. The number of hydrogen-bond donors (Lipinski definition) is 1. The van der Waals surface area contributed by atoms with Gasteiger partial charge in [-0.25, -0.2) is 0 Å². The lowest BCUT2D eigenvalue weighted by atomic mass is 10.3. The minimum absolute atomic E-state index is 0.451. The summed E-state index contributed by atoms with van der Waals surface area (Å²) in [7, 11) is 0. The van der Waals surface area contributed by atoms with Crippen LogP contribution >= 0.6 is 34.7 Å². The Hall–Kier alpha value is -0.650. The molecule has 0 fully saturated rings. The van der Waals surface area contributed by atoms with Crippen molar-refractivity contribution in [2.45, 2.75) is 19.9 Å². The maximum absolute atomic E-state index is 5.82. The number of anilines is 1. The van der Waals surface area contributed by atoms with Crippen LogP contribution in [0.15, 0.2) is 12.1 Å². The van der Waals surface area contributed by atoms with E-state index in [0.717, 1.165) is 24.7 Å². The van der Waals surface area contributed by atoms with E-state index in [9.17, 15) is 0 Å². The fraction of sp³-hybridized carbons (Fsp3) is 0.333. The standard InChI is InChI=1S/C9H10ClN3S2/c1-2-6-3-4-7(14-6)5-11-9-8(10)12-15-13-9/h3-4H,2,5H2,1H3,(H,11,13). The number of rotatable bonds is 4. The summed E-state index contributed by atoms with van der Waals surface area (Å²) in [6.07, 6.45) is 1.09. The zero-order chi connectivity index (χ0) is 10.7. The number of aryl methyl sites for hydroxylation is 1. The Kier molecular flexibility index (Phi) is 3.56. The molecule has 0 saturated carbocycles. The number of aromatic nitrogens is 2. The summed E-state index contributed by atoms with van der Waals surface area (Å²) in [5.74, 6) is 0.674. The molecule has 0 saturated heterocycles. The van der Waals surface area contributed by atoms with Crippen LogP contribution in [0, 0.1) is 0 Å². The number of thiophene rings is 1. The monoisotopic (exact) mass is 259 g/mol. The van der Waals surface area contributed by atoms with E-state index >= 15 is 0 Å². The van der Waals surface area contributed by atoms with Gasteiger partial charge in [-0.15, -0.1) is 11.3 Å². The van der Waals surface area contributed by atoms with Crippen molar-refractivity contribution >= 4 is 40.5 Å². The minimum Gasteiger partial charge on any atom is -0.362 e. The van der Waals surface area contributed by atoms with E-state index in [1.165, 1.54) is 9.75 Å². The third-order valence-electron chi connectivity index (χ3n) is 1.94. The molecule has 80 valence electrons. The van der Waals surface area contributed by atoms with Crippen LogP contribution in [-0.4, -0.2) is 8.75 Å². The Morgan fingerprint density at radius 3 is 2.73 bits per heavy atom. The van der Waals surface area contributed by atoms with Crippen LogP contribution in [0.4, 0.5) is 5.82 Å². The van der Waals surface area contributed by atoms with Gasteiger partial charge in [0.15, 0.2) is 11.0 Å². The Bertz CT molecular complexity index is 438. The molecule has 0 aliphatic carbocycles. The molecule has 0 amide bonds. The van der Waals surface area contributed by atoms with Gasteiger partial charge in [-0.1, -0.05) is 18.5 Å². The van der Waals surface area contributed by atoms with Crippen LogP contribution in [0.25, 0.3) is 0 Å². The van der Waals surface area contributed by atoms with Gasteiger partial charge in [-0.3, -0.25) is 0 Å². The number of nitrogens with one attached hydrogen (secondary N) is 1. The predicted octanol–water partition coefficient (Wildman–Crippen LogP) is 3.43. The quantitative estimate of drug-likeness (QED) is 0.914. The van der Waals surface area contributed by atoms with Crippen LogP contribution in [0.1, 0.15) is 16.7 Å². The van der Waals surface area contributed by atoms with E-state index < -0.39 is 0 Å². The zero-order valence-electron chi connectivity index (χ0n) is 8.16. The van der Waals surface area contributed by atoms with Crippen molar-refractivity contribution in [3.8, 4) is 0 Å². The number of nitrogens with zero attached hydrogens (tertiary/aromatic N) is 2. The largest absolute Gasteiger partial charge is 0.362 e. The molecule has 0 spiro atoms. The number of halogens is 1. The molecule has 1 N–H and O–H groups in total. The minimum atomic E-state index is 0.451. The van der Waals surface area contributed by atoms with E-state index in [4.69, 9.17) is 11.6 Å². The molecule has 0 atom stereocenters. The number of hydrogen-bond acceptors (Lipinski definition) is 5. The molecule has 2 aromatic heterocycles. The van der Waals surface area contributed by atoms with E-state index in [2.05, 4.69) is 33.1 Å². The third kappa shape index (κ3) is 2.68. The first kappa shape index (κ1) is 10.9. The van der Waals surface area contributed by atoms with Gasteiger partial charge >= 0.3 is 0 Å². The SMILES string of the molecule is CCc1ccc(CNc2nsnc2Cl)s1. The van der Waals surface area contributed by atoms with Gasteiger partial charge in [-0.05, 0) is 18.6 Å². The lowest BCUT2D eigenvalue weighted by Gasteiger charge is -1.99. The summed E-state index contributed by atoms with van der Waals surface area (Å²) in [5.41, 5.74) is 0. The average molecular weight is 260 g/mol. The Labute approximate surface area is 101 Å². The van der Waals surface area contributed by atoms with Crippen molar-refractivity contribution in [2.75, 3.05) is 5.32 Å². The predicted molar refractivity (Wildman–Crippen MR) is 65.9 cm³/mol. The van der Waals surface area contributed by atoms with Crippen molar-refractivity contribution in [3.05, 3.63) is 27.0 Å². The first-order valence-electron chi connectivity index (χ1n) is 4.59. The summed E-state index contributed by atoms with van der Waals surface area (Å²) in [5, 5.41) is 3.61. The van der Waals surface area contributed by atoms with E-state index in [0.29, 0.717) is 11.0 Å². The second-order valence-electron chi connectivity index (χ2n) is 2.98. The molecule has 15 heavy (non-hydrogen) atoms. The third-order valence-corrected chi connectivity index (χ3v) is 4.07. The fourth-order valence-electron chi connectivity index (χ4n) is 1.16. The maximum atomic E-state index is 5.82. The van der Waals surface area contributed by atoms with Gasteiger partial charge in [0.25, 0.3) is 0 Å². The molecule has 2 aromatic rings. The van der Waals surface area contributed by atoms with E-state index in [-0.39, 0.29) is 0 Å². The maximum Gasteiger partial charge on any atom is 0.186 e. The highest BCUT2D eigenvalue weighted by Crippen LogP contribution is 2.21. The highest BCUT2D eigenvalue weighted by Gasteiger charge is 2.05. The van der Waals surface area contributed by atoms with Crippen molar-refractivity contribution < 1.29 is 0 Å². The summed E-state index contributed by atoms with van der Waals surface area (Å²) >= 11 is 8.75. The van der Waals surface area contributed by atoms with Gasteiger partial charge in [0.1, 0.15) is 0 Å². The van der Waals surface area contributed by atoms with Crippen molar-refractivity contribution in [1.82, 2.24) is 8.75 Å². The molecule has 6 heteroatoms. The molecule has 0 unspecified atom stereocenters. The van der Waals surface area contributed by atoms with Crippen LogP contribution in [0.3, 0.4) is 0 Å². The smallest absolute Gasteiger partial charge is 0.186 e.